The Morgan fingerprint density at radius 2 is 2.35 bits per heavy atom. The molecule has 0 saturated carbocycles. The molecule has 20 heavy (non-hydrogen) atoms. The van der Waals surface area contributed by atoms with Crippen LogP contribution in [0.3, 0.4) is 0 Å². The van der Waals surface area contributed by atoms with Gasteiger partial charge in [-0.2, -0.15) is 0 Å². The fourth-order valence-corrected chi connectivity index (χ4v) is 2.89. The number of carbonyl (C=O) groups excluding carboxylic acids is 1. The van der Waals surface area contributed by atoms with E-state index in [9.17, 15) is 14.9 Å². The number of thioether (sulfide) groups is 1. The van der Waals surface area contributed by atoms with Gasteiger partial charge in [0.15, 0.2) is 12.4 Å². The molecule has 0 aliphatic carbocycles. The van der Waals surface area contributed by atoms with Gasteiger partial charge >= 0.3 is 0 Å². The monoisotopic (exact) mass is 298 g/mol. The van der Waals surface area contributed by atoms with Crippen LogP contribution in [0.25, 0.3) is 0 Å². The molecule has 0 bridgehead atoms. The predicted molar refractivity (Wildman–Crippen MR) is 74.2 cm³/mol. The number of hydrogen-bond donors (Lipinski definition) is 2. The molecule has 0 radical (unpaired) electrons. The largest absolute Gasteiger partial charge is 0.481 e. The third-order valence-electron chi connectivity index (χ3n) is 2.75. The molecule has 2 N–H and O–H groups in total. The SMILES string of the molecule is CC(CCO)Sc1cc2c(cc1[N+](=O)[O-])OCC(=O)N2. The van der Waals surface area contributed by atoms with E-state index in [1.54, 1.807) is 6.07 Å². The fourth-order valence-electron chi connectivity index (χ4n) is 1.79. The van der Waals surface area contributed by atoms with Crippen molar-refractivity contribution in [2.45, 2.75) is 23.5 Å². The van der Waals surface area contributed by atoms with E-state index >= 15 is 0 Å². The molecule has 1 aliphatic rings. The second-order valence-electron chi connectivity index (χ2n) is 4.35. The van der Waals surface area contributed by atoms with Crippen LogP contribution in [0, 0.1) is 10.1 Å². The number of nitrogens with zero attached hydrogens (tertiary/aromatic N) is 1. The normalized spacial score (nSPS) is 15.0. The Kier molecular flexibility index (Phi) is 4.46. The van der Waals surface area contributed by atoms with Gasteiger partial charge in [0.25, 0.3) is 11.6 Å². The maximum absolute atomic E-state index is 11.3. The third kappa shape index (κ3) is 3.20. The van der Waals surface area contributed by atoms with Crippen LogP contribution >= 0.6 is 11.8 Å². The second-order valence-corrected chi connectivity index (χ2v) is 5.83. The van der Waals surface area contributed by atoms with Crippen LogP contribution in [-0.2, 0) is 4.79 Å². The Balaban J connectivity index is 2.35. The van der Waals surface area contributed by atoms with Crippen molar-refractivity contribution in [2.24, 2.45) is 0 Å². The summed E-state index contributed by atoms with van der Waals surface area (Å²) < 4.78 is 5.17. The molecule has 1 aliphatic heterocycles. The van der Waals surface area contributed by atoms with Crippen LogP contribution in [0.1, 0.15) is 13.3 Å². The number of ether oxygens (including phenoxy) is 1. The highest BCUT2D eigenvalue weighted by Crippen LogP contribution is 2.41. The van der Waals surface area contributed by atoms with Gasteiger partial charge in [-0.05, 0) is 12.5 Å². The van der Waals surface area contributed by atoms with Gasteiger partial charge in [-0.1, -0.05) is 6.92 Å². The van der Waals surface area contributed by atoms with E-state index in [0.717, 1.165) is 0 Å². The van der Waals surface area contributed by atoms with Crippen molar-refractivity contribution >= 4 is 29.0 Å². The van der Waals surface area contributed by atoms with Gasteiger partial charge in [0.2, 0.25) is 0 Å². The maximum atomic E-state index is 11.3. The molecule has 0 aromatic heterocycles. The number of fused-ring (bicyclic) bond motifs is 1. The third-order valence-corrected chi connectivity index (χ3v) is 3.97. The second kappa shape index (κ2) is 6.10. The van der Waals surface area contributed by atoms with Crippen LogP contribution in [0.15, 0.2) is 17.0 Å². The van der Waals surface area contributed by atoms with E-state index < -0.39 is 4.92 Å². The molecule has 0 spiro atoms. The van der Waals surface area contributed by atoms with Gasteiger partial charge in [0.1, 0.15) is 0 Å². The van der Waals surface area contributed by atoms with E-state index in [1.807, 2.05) is 6.92 Å². The number of nitro benzene ring substituents is 1. The van der Waals surface area contributed by atoms with Gasteiger partial charge in [0, 0.05) is 11.9 Å². The molecule has 1 atom stereocenters. The smallest absolute Gasteiger partial charge is 0.286 e. The Bertz CT molecular complexity index is 549. The average molecular weight is 298 g/mol. The van der Waals surface area contributed by atoms with Crippen molar-refractivity contribution in [3.63, 3.8) is 0 Å². The van der Waals surface area contributed by atoms with Gasteiger partial charge in [-0.3, -0.25) is 14.9 Å². The zero-order valence-corrected chi connectivity index (χ0v) is 11.6. The summed E-state index contributed by atoms with van der Waals surface area (Å²) in [5.74, 6) is 0.0150. The zero-order valence-electron chi connectivity index (χ0n) is 10.8. The van der Waals surface area contributed by atoms with Crippen LogP contribution in [0.2, 0.25) is 0 Å². The first-order valence-electron chi connectivity index (χ1n) is 6.04. The summed E-state index contributed by atoms with van der Waals surface area (Å²) in [5.41, 5.74) is 0.375. The van der Waals surface area contributed by atoms with E-state index in [0.29, 0.717) is 22.8 Å². The van der Waals surface area contributed by atoms with Crippen LogP contribution in [0.4, 0.5) is 11.4 Å². The molecule has 7 nitrogen and oxygen atoms in total. The molecule has 8 heteroatoms. The number of hydrogen-bond acceptors (Lipinski definition) is 6. The number of nitro groups is 1. The summed E-state index contributed by atoms with van der Waals surface area (Å²) >= 11 is 1.29. The average Bonchev–Trinajstić information content (AvgIpc) is 2.37. The minimum absolute atomic E-state index is 0.0206. The molecule has 0 saturated heterocycles. The number of anilines is 1. The summed E-state index contributed by atoms with van der Waals surface area (Å²) in [6, 6.07) is 2.87. The van der Waals surface area contributed by atoms with Crippen molar-refractivity contribution in [3.8, 4) is 5.75 Å². The quantitative estimate of drug-likeness (QED) is 0.488. The topological polar surface area (TPSA) is 102 Å². The predicted octanol–water partition coefficient (Wildman–Crippen LogP) is 1.79. The standard InChI is InChI=1S/C12H14N2O5S/c1-7(2-3-15)20-11-4-8-10(5-9(11)14(17)18)19-6-12(16)13-8/h4-5,7,15H,2-3,6H2,1H3,(H,13,16). The molecular formula is C12H14N2O5S. The lowest BCUT2D eigenvalue weighted by Crippen LogP contribution is -2.25. The number of benzene rings is 1. The summed E-state index contributed by atoms with van der Waals surface area (Å²) in [6.45, 7) is 1.75. The van der Waals surface area contributed by atoms with E-state index in [1.165, 1.54) is 17.8 Å². The van der Waals surface area contributed by atoms with E-state index in [-0.39, 0.29) is 30.1 Å². The molecule has 1 aromatic rings. The summed E-state index contributed by atoms with van der Waals surface area (Å²) in [7, 11) is 0. The van der Waals surface area contributed by atoms with Crippen LogP contribution in [0.5, 0.6) is 5.75 Å². The number of nitrogens with one attached hydrogen (secondary N) is 1. The Hall–Kier alpha value is -1.80. The first-order valence-corrected chi connectivity index (χ1v) is 6.92. The molecule has 1 amide bonds. The van der Waals surface area contributed by atoms with Crippen molar-refractivity contribution in [1.29, 1.82) is 0 Å². The first kappa shape index (κ1) is 14.6. The lowest BCUT2D eigenvalue weighted by Gasteiger charge is -2.19. The highest BCUT2D eigenvalue weighted by atomic mass is 32.2. The van der Waals surface area contributed by atoms with Gasteiger partial charge in [-0.15, -0.1) is 11.8 Å². The highest BCUT2D eigenvalue weighted by Gasteiger charge is 2.24. The van der Waals surface area contributed by atoms with Crippen LogP contribution in [-0.4, -0.2) is 34.4 Å². The molecule has 1 heterocycles. The van der Waals surface area contributed by atoms with Crippen LogP contribution < -0.4 is 10.1 Å². The molecule has 2 rings (SSSR count). The van der Waals surface area contributed by atoms with Crippen molar-refractivity contribution < 1.29 is 19.6 Å². The minimum Gasteiger partial charge on any atom is -0.481 e. The van der Waals surface area contributed by atoms with Gasteiger partial charge in [-0.25, -0.2) is 0 Å². The highest BCUT2D eigenvalue weighted by molar-refractivity contribution is 8.00. The summed E-state index contributed by atoms with van der Waals surface area (Å²) in [6.07, 6.45) is 0.530. The summed E-state index contributed by atoms with van der Waals surface area (Å²) in [4.78, 5) is 22.3. The lowest BCUT2D eigenvalue weighted by molar-refractivity contribution is -0.387. The van der Waals surface area contributed by atoms with Gasteiger partial charge in [0.05, 0.1) is 21.6 Å². The Morgan fingerprint density at radius 1 is 1.60 bits per heavy atom. The zero-order chi connectivity index (χ0) is 14.7. The fraction of sp³-hybridized carbons (Fsp3) is 0.417. The first-order chi connectivity index (χ1) is 9.51. The number of aliphatic hydroxyl groups is 1. The number of amides is 1. The molecule has 1 aromatic carbocycles. The van der Waals surface area contributed by atoms with Crippen molar-refractivity contribution in [3.05, 3.63) is 22.2 Å². The number of aliphatic hydroxyl groups excluding tert-OH is 1. The number of rotatable bonds is 5. The van der Waals surface area contributed by atoms with Crippen molar-refractivity contribution in [2.75, 3.05) is 18.5 Å². The molecular weight excluding hydrogens is 284 g/mol. The molecule has 108 valence electrons. The Morgan fingerprint density at radius 3 is 3.00 bits per heavy atom. The van der Waals surface area contributed by atoms with E-state index in [4.69, 9.17) is 9.84 Å². The lowest BCUT2D eigenvalue weighted by atomic mass is 10.2. The van der Waals surface area contributed by atoms with E-state index in [2.05, 4.69) is 5.32 Å². The minimum atomic E-state index is -0.478. The maximum Gasteiger partial charge on any atom is 0.286 e. The summed E-state index contributed by atoms with van der Waals surface area (Å²) in [5, 5.41) is 22.7. The van der Waals surface area contributed by atoms with Gasteiger partial charge < -0.3 is 15.2 Å². The Labute approximate surface area is 119 Å². The molecule has 1 unspecified atom stereocenters. The van der Waals surface area contributed by atoms with Crippen molar-refractivity contribution in [1.82, 2.24) is 0 Å². The number of carbonyl (C=O) groups is 1. The molecule has 0 fully saturated rings.